The highest BCUT2D eigenvalue weighted by molar-refractivity contribution is 7.99. The quantitative estimate of drug-likeness (QED) is 0.616. The highest BCUT2D eigenvalue weighted by Gasteiger charge is 2.18. The number of halogens is 1. The number of aromatic nitrogens is 5. The molecule has 1 N–H and O–H groups in total. The van der Waals surface area contributed by atoms with Crippen LogP contribution >= 0.6 is 23.1 Å². The van der Waals surface area contributed by atoms with Crippen LogP contribution in [0.5, 0.6) is 5.75 Å². The predicted molar refractivity (Wildman–Crippen MR) is 95.7 cm³/mol. The maximum atomic E-state index is 13.0. The highest BCUT2D eigenvalue weighted by Crippen LogP contribution is 2.24. The van der Waals surface area contributed by atoms with Gasteiger partial charge in [-0.1, -0.05) is 23.1 Å². The topological polar surface area (TPSA) is 94.8 Å². The SMILES string of the molecule is CC(Oc1ccc(F)cc1)c1nnc(SCC(=O)Nc2nncs2)n1C. The maximum absolute atomic E-state index is 13.0. The summed E-state index contributed by atoms with van der Waals surface area (Å²) in [5.41, 5.74) is 1.54. The Balaban J connectivity index is 1.58. The molecule has 1 unspecified atom stereocenters. The van der Waals surface area contributed by atoms with Gasteiger partial charge in [0.1, 0.15) is 17.1 Å². The van der Waals surface area contributed by atoms with Gasteiger partial charge >= 0.3 is 0 Å². The van der Waals surface area contributed by atoms with Gasteiger partial charge in [0.15, 0.2) is 17.1 Å². The van der Waals surface area contributed by atoms with Crippen LogP contribution in [0.15, 0.2) is 34.9 Å². The molecule has 0 saturated carbocycles. The average molecular weight is 394 g/mol. The van der Waals surface area contributed by atoms with Crippen molar-refractivity contribution in [2.75, 3.05) is 11.1 Å². The Morgan fingerprint density at radius 3 is 2.81 bits per heavy atom. The van der Waals surface area contributed by atoms with Crippen molar-refractivity contribution in [3.63, 3.8) is 0 Å². The summed E-state index contributed by atoms with van der Waals surface area (Å²) in [7, 11) is 1.80. The van der Waals surface area contributed by atoms with Gasteiger partial charge in [-0.2, -0.15) is 0 Å². The zero-order chi connectivity index (χ0) is 18.5. The van der Waals surface area contributed by atoms with Gasteiger partial charge in [-0.25, -0.2) is 4.39 Å². The van der Waals surface area contributed by atoms with Crippen molar-refractivity contribution in [3.8, 4) is 5.75 Å². The monoisotopic (exact) mass is 394 g/mol. The van der Waals surface area contributed by atoms with Crippen molar-refractivity contribution >= 4 is 34.1 Å². The van der Waals surface area contributed by atoms with Crippen molar-refractivity contribution in [1.29, 1.82) is 0 Å². The third kappa shape index (κ3) is 4.55. The third-order valence-corrected chi connectivity index (χ3v) is 4.92. The van der Waals surface area contributed by atoms with Crippen LogP contribution in [-0.4, -0.2) is 36.6 Å². The Hall–Kier alpha value is -2.53. The Kier molecular flexibility index (Phi) is 5.78. The number of carbonyl (C=O) groups excluding carboxylic acids is 1. The molecule has 2 aromatic heterocycles. The Labute approximate surface area is 156 Å². The fourth-order valence-corrected chi connectivity index (χ4v) is 3.27. The number of benzene rings is 1. The van der Waals surface area contributed by atoms with E-state index in [1.165, 1.54) is 35.2 Å². The fourth-order valence-electron chi connectivity index (χ4n) is 2.09. The van der Waals surface area contributed by atoms with Crippen molar-refractivity contribution < 1.29 is 13.9 Å². The van der Waals surface area contributed by atoms with E-state index in [4.69, 9.17) is 4.74 Å². The summed E-state index contributed by atoms with van der Waals surface area (Å²) in [5, 5.41) is 19.3. The van der Waals surface area contributed by atoms with E-state index in [1.54, 1.807) is 29.3 Å². The smallest absolute Gasteiger partial charge is 0.236 e. The van der Waals surface area contributed by atoms with E-state index in [0.717, 1.165) is 0 Å². The van der Waals surface area contributed by atoms with Crippen molar-refractivity contribution in [1.82, 2.24) is 25.0 Å². The van der Waals surface area contributed by atoms with Gasteiger partial charge in [-0.15, -0.1) is 20.4 Å². The lowest BCUT2D eigenvalue weighted by atomic mass is 10.3. The van der Waals surface area contributed by atoms with Crippen LogP contribution in [0.25, 0.3) is 0 Å². The number of thioether (sulfide) groups is 1. The van der Waals surface area contributed by atoms with Gasteiger partial charge in [0, 0.05) is 7.05 Å². The summed E-state index contributed by atoms with van der Waals surface area (Å²) >= 11 is 2.50. The first kappa shape index (κ1) is 18.3. The van der Waals surface area contributed by atoms with Gasteiger partial charge < -0.3 is 9.30 Å². The first-order chi connectivity index (χ1) is 12.5. The molecule has 8 nitrogen and oxygen atoms in total. The van der Waals surface area contributed by atoms with E-state index in [-0.39, 0.29) is 23.6 Å². The second-order valence-corrected chi connectivity index (χ2v) is 6.97. The minimum Gasteiger partial charge on any atom is -0.483 e. The number of hydrogen-bond acceptors (Lipinski definition) is 8. The lowest BCUT2D eigenvalue weighted by Gasteiger charge is -2.14. The lowest BCUT2D eigenvalue weighted by molar-refractivity contribution is -0.113. The fraction of sp³-hybridized carbons (Fsp3) is 0.267. The predicted octanol–water partition coefficient (Wildman–Crippen LogP) is 2.68. The van der Waals surface area contributed by atoms with Gasteiger partial charge in [-0.05, 0) is 31.2 Å². The minimum atomic E-state index is -0.387. The van der Waals surface area contributed by atoms with Gasteiger partial charge in [0.2, 0.25) is 11.0 Å². The second kappa shape index (κ2) is 8.23. The Morgan fingerprint density at radius 1 is 1.35 bits per heavy atom. The van der Waals surface area contributed by atoms with Gasteiger partial charge in [0.25, 0.3) is 0 Å². The van der Waals surface area contributed by atoms with Crippen LogP contribution in [-0.2, 0) is 11.8 Å². The molecular formula is C15H15FN6O2S2. The van der Waals surface area contributed by atoms with Crippen LogP contribution in [0, 0.1) is 5.82 Å². The summed E-state index contributed by atoms with van der Waals surface area (Å²) in [6.07, 6.45) is -0.387. The molecule has 1 aromatic carbocycles. The first-order valence-electron chi connectivity index (χ1n) is 7.53. The molecule has 136 valence electrons. The molecule has 0 bridgehead atoms. The molecule has 0 aliphatic rings. The number of ether oxygens (including phenoxy) is 1. The van der Waals surface area contributed by atoms with Gasteiger partial charge in [0.05, 0.1) is 5.75 Å². The minimum absolute atomic E-state index is 0.165. The summed E-state index contributed by atoms with van der Waals surface area (Å²) in [4.78, 5) is 11.9. The number of anilines is 1. The summed E-state index contributed by atoms with van der Waals surface area (Å²) in [6, 6.07) is 5.76. The van der Waals surface area contributed by atoms with Gasteiger partial charge in [-0.3, -0.25) is 10.1 Å². The summed E-state index contributed by atoms with van der Waals surface area (Å²) < 4.78 is 20.5. The molecule has 3 aromatic rings. The molecule has 11 heteroatoms. The average Bonchev–Trinajstić information content (AvgIpc) is 3.25. The molecule has 0 fully saturated rings. The zero-order valence-corrected chi connectivity index (χ0v) is 15.6. The van der Waals surface area contributed by atoms with Crippen LogP contribution in [0.2, 0.25) is 0 Å². The van der Waals surface area contributed by atoms with Crippen molar-refractivity contribution in [2.24, 2.45) is 7.05 Å². The summed E-state index contributed by atoms with van der Waals surface area (Å²) in [5.74, 6) is 0.772. The largest absolute Gasteiger partial charge is 0.483 e. The Bertz CT molecular complexity index is 869. The van der Waals surface area contributed by atoms with E-state index in [1.807, 2.05) is 6.92 Å². The second-order valence-electron chi connectivity index (χ2n) is 5.19. The van der Waals surface area contributed by atoms with Crippen molar-refractivity contribution in [2.45, 2.75) is 18.2 Å². The summed E-state index contributed by atoms with van der Waals surface area (Å²) in [6.45, 7) is 1.82. The number of hydrogen-bond donors (Lipinski definition) is 1. The van der Waals surface area contributed by atoms with E-state index in [9.17, 15) is 9.18 Å². The van der Waals surface area contributed by atoms with Crippen molar-refractivity contribution in [3.05, 3.63) is 41.4 Å². The molecule has 0 saturated heterocycles. The van der Waals surface area contributed by atoms with E-state index in [2.05, 4.69) is 25.7 Å². The molecule has 1 amide bonds. The zero-order valence-electron chi connectivity index (χ0n) is 13.9. The molecule has 0 spiro atoms. The van der Waals surface area contributed by atoms with E-state index in [0.29, 0.717) is 21.9 Å². The normalized spacial score (nSPS) is 12.0. The van der Waals surface area contributed by atoms with Crippen LogP contribution < -0.4 is 10.1 Å². The standard InChI is InChI=1S/C15H15FN6O2S2/c1-9(24-11-5-3-10(16)4-6-11)13-19-21-15(22(13)2)25-7-12(23)18-14-20-17-8-26-14/h3-6,8-9H,7H2,1-2H3,(H,18,20,23). The highest BCUT2D eigenvalue weighted by atomic mass is 32.2. The van der Waals surface area contributed by atoms with E-state index < -0.39 is 0 Å². The number of nitrogens with one attached hydrogen (secondary N) is 1. The van der Waals surface area contributed by atoms with Crippen LogP contribution in [0.3, 0.4) is 0 Å². The molecule has 1 atom stereocenters. The number of amides is 1. The molecule has 0 aliphatic carbocycles. The first-order valence-corrected chi connectivity index (χ1v) is 9.40. The van der Waals surface area contributed by atoms with Crippen LogP contribution in [0.4, 0.5) is 9.52 Å². The van der Waals surface area contributed by atoms with Crippen LogP contribution in [0.1, 0.15) is 18.9 Å². The number of rotatable bonds is 7. The Morgan fingerprint density at radius 2 is 2.12 bits per heavy atom. The molecule has 3 rings (SSSR count). The molecule has 26 heavy (non-hydrogen) atoms. The van der Waals surface area contributed by atoms with E-state index >= 15 is 0 Å². The molecular weight excluding hydrogens is 379 g/mol. The molecule has 0 aliphatic heterocycles. The molecule has 2 heterocycles. The number of nitrogens with zero attached hydrogens (tertiary/aromatic N) is 5. The lowest BCUT2D eigenvalue weighted by Crippen LogP contribution is -2.14. The molecule has 0 radical (unpaired) electrons. The third-order valence-electron chi connectivity index (χ3n) is 3.30. The maximum Gasteiger partial charge on any atom is 0.236 e. The number of carbonyl (C=O) groups is 1.